The molecule has 0 saturated carbocycles. The second kappa shape index (κ2) is 4.63. The summed E-state index contributed by atoms with van der Waals surface area (Å²) in [6, 6.07) is 4.12. The monoisotopic (exact) mass is 336 g/mol. The van der Waals surface area contributed by atoms with E-state index in [1.165, 1.54) is 25.2 Å². The SMILES string of the molecule is Cc1cc(-c2c(Br)c(C(F)(F)F)nn2C)ccc1F. The number of nitrogens with zero attached hydrogens (tertiary/aromatic N) is 2. The van der Waals surface area contributed by atoms with E-state index in [1.54, 1.807) is 6.92 Å². The molecule has 0 atom stereocenters. The highest BCUT2D eigenvalue weighted by atomic mass is 79.9. The Kier molecular flexibility index (Phi) is 3.42. The van der Waals surface area contributed by atoms with E-state index in [2.05, 4.69) is 21.0 Å². The van der Waals surface area contributed by atoms with Crippen LogP contribution in [-0.4, -0.2) is 9.78 Å². The van der Waals surface area contributed by atoms with Crippen molar-refractivity contribution < 1.29 is 17.6 Å². The summed E-state index contributed by atoms with van der Waals surface area (Å²) in [5.41, 5.74) is 0.0952. The summed E-state index contributed by atoms with van der Waals surface area (Å²) in [6.07, 6.45) is -4.54. The zero-order chi connectivity index (χ0) is 14.4. The number of rotatable bonds is 1. The molecular weight excluding hydrogens is 328 g/mol. The second-order valence-corrected chi connectivity index (χ2v) is 4.89. The van der Waals surface area contributed by atoms with Crippen molar-refractivity contribution in [3.05, 3.63) is 39.7 Å². The number of benzene rings is 1. The van der Waals surface area contributed by atoms with Crippen molar-refractivity contribution in [2.24, 2.45) is 7.05 Å². The summed E-state index contributed by atoms with van der Waals surface area (Å²) in [6.45, 7) is 1.55. The largest absolute Gasteiger partial charge is 0.436 e. The molecule has 2 rings (SSSR count). The fourth-order valence-electron chi connectivity index (χ4n) is 1.78. The summed E-state index contributed by atoms with van der Waals surface area (Å²) < 4.78 is 52.4. The van der Waals surface area contributed by atoms with Gasteiger partial charge < -0.3 is 0 Å². The van der Waals surface area contributed by atoms with Crippen molar-refractivity contribution in [1.29, 1.82) is 0 Å². The number of alkyl halides is 3. The zero-order valence-electron chi connectivity index (χ0n) is 10.0. The van der Waals surface area contributed by atoms with Gasteiger partial charge >= 0.3 is 6.18 Å². The van der Waals surface area contributed by atoms with Gasteiger partial charge in [0.25, 0.3) is 0 Å². The summed E-state index contributed by atoms with van der Waals surface area (Å²) in [5, 5.41) is 3.46. The van der Waals surface area contributed by atoms with Crippen LogP contribution in [0.4, 0.5) is 17.6 Å². The van der Waals surface area contributed by atoms with Gasteiger partial charge in [-0.1, -0.05) is 0 Å². The summed E-state index contributed by atoms with van der Waals surface area (Å²) in [5.74, 6) is -0.405. The first-order chi connectivity index (χ1) is 8.71. The molecule has 102 valence electrons. The molecule has 1 aromatic heterocycles. The highest BCUT2D eigenvalue weighted by molar-refractivity contribution is 9.10. The molecule has 2 nitrogen and oxygen atoms in total. The Balaban J connectivity index is 2.63. The van der Waals surface area contributed by atoms with Crippen LogP contribution >= 0.6 is 15.9 Å². The van der Waals surface area contributed by atoms with E-state index in [0.717, 1.165) is 4.68 Å². The maximum Gasteiger partial charge on any atom is 0.436 e. The summed E-state index contributed by atoms with van der Waals surface area (Å²) in [7, 11) is 1.41. The van der Waals surface area contributed by atoms with E-state index in [0.29, 0.717) is 11.1 Å². The van der Waals surface area contributed by atoms with Gasteiger partial charge in [0.15, 0.2) is 5.69 Å². The van der Waals surface area contributed by atoms with Gasteiger partial charge in [0, 0.05) is 12.6 Å². The van der Waals surface area contributed by atoms with E-state index in [9.17, 15) is 17.6 Å². The van der Waals surface area contributed by atoms with Crippen LogP contribution < -0.4 is 0 Å². The van der Waals surface area contributed by atoms with E-state index >= 15 is 0 Å². The first-order valence-corrected chi connectivity index (χ1v) is 6.07. The van der Waals surface area contributed by atoms with Crippen molar-refractivity contribution in [3.8, 4) is 11.3 Å². The van der Waals surface area contributed by atoms with E-state index in [4.69, 9.17) is 0 Å². The first kappa shape index (κ1) is 14.0. The minimum absolute atomic E-state index is 0.145. The zero-order valence-corrected chi connectivity index (χ0v) is 11.6. The van der Waals surface area contributed by atoms with Crippen molar-refractivity contribution in [3.63, 3.8) is 0 Å². The van der Waals surface area contributed by atoms with Crippen LogP contribution in [0.15, 0.2) is 22.7 Å². The average molecular weight is 337 g/mol. The van der Waals surface area contributed by atoms with Crippen LogP contribution in [0, 0.1) is 12.7 Å². The molecule has 0 bridgehead atoms. The molecule has 0 radical (unpaired) electrons. The molecule has 0 saturated heterocycles. The number of hydrogen-bond acceptors (Lipinski definition) is 1. The van der Waals surface area contributed by atoms with Crippen LogP contribution in [0.25, 0.3) is 11.3 Å². The lowest BCUT2D eigenvalue weighted by molar-refractivity contribution is -0.142. The maximum atomic E-state index is 13.2. The summed E-state index contributed by atoms with van der Waals surface area (Å²) >= 11 is 2.92. The van der Waals surface area contributed by atoms with E-state index in [1.807, 2.05) is 0 Å². The Labute approximate surface area is 115 Å². The van der Waals surface area contributed by atoms with Crippen LogP contribution in [0.3, 0.4) is 0 Å². The van der Waals surface area contributed by atoms with Crippen LogP contribution in [0.1, 0.15) is 11.3 Å². The Morgan fingerprint density at radius 1 is 1.26 bits per heavy atom. The van der Waals surface area contributed by atoms with Crippen molar-refractivity contribution >= 4 is 15.9 Å². The van der Waals surface area contributed by atoms with Crippen LogP contribution in [-0.2, 0) is 13.2 Å². The number of halogens is 5. The van der Waals surface area contributed by atoms with Gasteiger partial charge in [-0.05, 0) is 46.6 Å². The van der Waals surface area contributed by atoms with E-state index < -0.39 is 17.7 Å². The van der Waals surface area contributed by atoms with Gasteiger partial charge in [-0.3, -0.25) is 4.68 Å². The molecule has 0 aliphatic rings. The maximum absolute atomic E-state index is 13.2. The highest BCUT2D eigenvalue weighted by Crippen LogP contribution is 2.39. The second-order valence-electron chi connectivity index (χ2n) is 4.10. The van der Waals surface area contributed by atoms with Crippen molar-refractivity contribution in [2.45, 2.75) is 13.1 Å². The van der Waals surface area contributed by atoms with Gasteiger partial charge in [-0.2, -0.15) is 18.3 Å². The fourth-order valence-corrected chi connectivity index (χ4v) is 2.57. The lowest BCUT2D eigenvalue weighted by Gasteiger charge is -2.05. The predicted octanol–water partition coefficient (Wildman–Crippen LogP) is 4.32. The summed E-state index contributed by atoms with van der Waals surface area (Å²) in [4.78, 5) is 0. The third kappa shape index (κ3) is 2.51. The van der Waals surface area contributed by atoms with Gasteiger partial charge in [0.2, 0.25) is 0 Å². The third-order valence-electron chi connectivity index (χ3n) is 2.69. The molecule has 0 aliphatic carbocycles. The standard InChI is InChI=1S/C12H9BrF4N2/c1-6-5-7(3-4-8(6)14)10-9(13)11(12(15,16)17)18-19(10)2/h3-5H,1-2H3. The first-order valence-electron chi connectivity index (χ1n) is 5.28. The molecule has 0 fully saturated rings. The average Bonchev–Trinajstić information content (AvgIpc) is 2.58. The van der Waals surface area contributed by atoms with Gasteiger partial charge in [-0.15, -0.1) is 0 Å². The predicted molar refractivity (Wildman–Crippen MR) is 66.0 cm³/mol. The van der Waals surface area contributed by atoms with Gasteiger partial charge in [0.1, 0.15) is 5.82 Å². The van der Waals surface area contributed by atoms with Crippen molar-refractivity contribution in [1.82, 2.24) is 9.78 Å². The third-order valence-corrected chi connectivity index (χ3v) is 3.44. The molecule has 7 heteroatoms. The molecule has 0 amide bonds. The minimum atomic E-state index is -4.54. The molecule has 0 spiro atoms. The van der Waals surface area contributed by atoms with Crippen molar-refractivity contribution in [2.75, 3.05) is 0 Å². The molecule has 0 unspecified atom stereocenters. The molecule has 0 N–H and O–H groups in total. The van der Waals surface area contributed by atoms with Gasteiger partial charge in [-0.25, -0.2) is 4.39 Å². The lowest BCUT2D eigenvalue weighted by Crippen LogP contribution is -2.07. The Bertz CT molecular complexity index is 631. The molecule has 1 heterocycles. The Hall–Kier alpha value is -1.37. The van der Waals surface area contributed by atoms with E-state index in [-0.39, 0.29) is 10.2 Å². The Morgan fingerprint density at radius 3 is 2.37 bits per heavy atom. The molecule has 0 aliphatic heterocycles. The quantitative estimate of drug-likeness (QED) is 0.709. The normalized spacial score (nSPS) is 11.9. The van der Waals surface area contributed by atoms with Gasteiger partial charge in [0.05, 0.1) is 10.2 Å². The number of aromatic nitrogens is 2. The van der Waals surface area contributed by atoms with Crippen LogP contribution in [0.2, 0.25) is 0 Å². The molecule has 19 heavy (non-hydrogen) atoms. The minimum Gasteiger partial charge on any atom is -0.266 e. The molecule has 1 aromatic carbocycles. The topological polar surface area (TPSA) is 17.8 Å². The number of aryl methyl sites for hydroxylation is 2. The molecule has 2 aromatic rings. The highest BCUT2D eigenvalue weighted by Gasteiger charge is 2.38. The Morgan fingerprint density at radius 2 is 1.89 bits per heavy atom. The number of hydrogen-bond donors (Lipinski definition) is 0. The van der Waals surface area contributed by atoms with Crippen LogP contribution in [0.5, 0.6) is 0 Å². The lowest BCUT2D eigenvalue weighted by atomic mass is 10.1. The fraction of sp³-hybridized carbons (Fsp3) is 0.250. The smallest absolute Gasteiger partial charge is 0.266 e. The molecular formula is C12H9BrF4N2.